The Balaban J connectivity index is 2.46. The van der Waals surface area contributed by atoms with E-state index in [0.717, 1.165) is 0 Å². The molecule has 1 rings (SSSR count). The molecule has 0 amide bonds. The summed E-state index contributed by atoms with van der Waals surface area (Å²) >= 11 is 0. The summed E-state index contributed by atoms with van der Waals surface area (Å²) in [6.07, 6.45) is 0. The predicted octanol–water partition coefficient (Wildman–Crippen LogP) is 0.263. The van der Waals surface area contributed by atoms with Gasteiger partial charge in [-0.05, 0) is 27.7 Å². The second-order valence-corrected chi connectivity index (χ2v) is 4.93. The highest BCUT2D eigenvalue weighted by molar-refractivity contribution is 5.75. The number of esters is 1. The Morgan fingerprint density at radius 2 is 2.14 bits per heavy atom. The Kier molecular flexibility index (Phi) is 3.17. The van der Waals surface area contributed by atoms with Gasteiger partial charge in [-0.15, -0.1) is 0 Å². The molecule has 1 fully saturated rings. The second kappa shape index (κ2) is 3.87. The number of hydrogen-bond acceptors (Lipinski definition) is 4. The second-order valence-electron chi connectivity index (χ2n) is 4.93. The molecule has 3 unspecified atom stereocenters. The number of nitrogens with one attached hydrogen (secondary N) is 1. The van der Waals surface area contributed by atoms with Gasteiger partial charge in [0.1, 0.15) is 5.60 Å². The quantitative estimate of drug-likeness (QED) is 0.628. The Morgan fingerprint density at radius 1 is 1.57 bits per heavy atom. The molecular formula is C10H20N2O2. The highest BCUT2D eigenvalue weighted by Crippen LogP contribution is 2.20. The van der Waals surface area contributed by atoms with Crippen molar-refractivity contribution in [3.63, 3.8) is 0 Å². The van der Waals surface area contributed by atoms with Crippen molar-refractivity contribution in [3.8, 4) is 0 Å². The topological polar surface area (TPSA) is 64.3 Å². The zero-order valence-electron chi connectivity index (χ0n) is 9.33. The maximum absolute atomic E-state index is 11.6. The minimum atomic E-state index is -0.408. The molecule has 1 saturated heterocycles. The van der Waals surface area contributed by atoms with Crippen LogP contribution in [0.2, 0.25) is 0 Å². The Hall–Kier alpha value is -0.610. The summed E-state index contributed by atoms with van der Waals surface area (Å²) in [6.45, 7) is 8.20. The SMILES string of the molecule is CC(N)C1NCC1C(=O)OC(C)(C)C. The van der Waals surface area contributed by atoms with E-state index >= 15 is 0 Å². The molecule has 0 aliphatic carbocycles. The van der Waals surface area contributed by atoms with Crippen LogP contribution >= 0.6 is 0 Å². The number of ether oxygens (including phenoxy) is 1. The van der Waals surface area contributed by atoms with Crippen LogP contribution in [0.5, 0.6) is 0 Å². The van der Waals surface area contributed by atoms with Gasteiger partial charge in [-0.25, -0.2) is 0 Å². The summed E-state index contributed by atoms with van der Waals surface area (Å²) in [4.78, 5) is 11.6. The first kappa shape index (κ1) is 11.5. The molecular weight excluding hydrogens is 180 g/mol. The minimum absolute atomic E-state index is 0.0127. The van der Waals surface area contributed by atoms with Crippen molar-refractivity contribution < 1.29 is 9.53 Å². The van der Waals surface area contributed by atoms with E-state index in [1.807, 2.05) is 27.7 Å². The number of rotatable bonds is 2. The summed E-state index contributed by atoms with van der Waals surface area (Å²) in [5.74, 6) is -0.215. The highest BCUT2D eigenvalue weighted by Gasteiger charge is 2.40. The summed E-state index contributed by atoms with van der Waals surface area (Å²) in [5, 5.41) is 3.14. The summed E-state index contributed by atoms with van der Waals surface area (Å²) in [7, 11) is 0. The van der Waals surface area contributed by atoms with Crippen LogP contribution in [-0.4, -0.2) is 30.2 Å². The van der Waals surface area contributed by atoms with Crippen molar-refractivity contribution in [2.75, 3.05) is 6.54 Å². The number of carbonyl (C=O) groups is 1. The Bertz CT molecular complexity index is 221. The van der Waals surface area contributed by atoms with E-state index in [-0.39, 0.29) is 24.0 Å². The largest absolute Gasteiger partial charge is 0.460 e. The third-order valence-electron chi connectivity index (χ3n) is 2.28. The first-order valence-electron chi connectivity index (χ1n) is 5.03. The van der Waals surface area contributed by atoms with Crippen LogP contribution in [0.1, 0.15) is 27.7 Å². The van der Waals surface area contributed by atoms with Crippen molar-refractivity contribution in [2.24, 2.45) is 11.7 Å². The van der Waals surface area contributed by atoms with Gasteiger partial charge in [0.05, 0.1) is 5.92 Å². The van der Waals surface area contributed by atoms with Crippen LogP contribution in [0.4, 0.5) is 0 Å². The molecule has 0 aromatic carbocycles. The van der Waals surface area contributed by atoms with Gasteiger partial charge in [-0.1, -0.05) is 0 Å². The first-order chi connectivity index (χ1) is 6.31. The molecule has 0 aromatic heterocycles. The molecule has 1 aliphatic heterocycles. The maximum Gasteiger partial charge on any atom is 0.312 e. The van der Waals surface area contributed by atoms with Gasteiger partial charge in [-0.2, -0.15) is 0 Å². The van der Waals surface area contributed by atoms with Crippen molar-refractivity contribution in [1.82, 2.24) is 5.32 Å². The van der Waals surface area contributed by atoms with Crippen molar-refractivity contribution in [1.29, 1.82) is 0 Å². The molecule has 0 saturated carbocycles. The van der Waals surface area contributed by atoms with Gasteiger partial charge in [0.25, 0.3) is 0 Å². The Morgan fingerprint density at radius 3 is 2.43 bits per heavy atom. The monoisotopic (exact) mass is 200 g/mol. The maximum atomic E-state index is 11.6. The molecule has 1 heterocycles. The zero-order chi connectivity index (χ0) is 10.9. The fourth-order valence-electron chi connectivity index (χ4n) is 1.53. The molecule has 82 valence electrons. The fourth-order valence-corrected chi connectivity index (χ4v) is 1.53. The lowest BCUT2D eigenvalue weighted by Crippen LogP contribution is -2.63. The summed E-state index contributed by atoms with van der Waals surface area (Å²) < 4.78 is 5.29. The van der Waals surface area contributed by atoms with Gasteiger partial charge >= 0.3 is 5.97 Å². The van der Waals surface area contributed by atoms with Gasteiger partial charge in [0.2, 0.25) is 0 Å². The van der Waals surface area contributed by atoms with Crippen LogP contribution in [0.15, 0.2) is 0 Å². The number of hydrogen-bond donors (Lipinski definition) is 2. The molecule has 0 aromatic rings. The van der Waals surface area contributed by atoms with Gasteiger partial charge in [0.15, 0.2) is 0 Å². The van der Waals surface area contributed by atoms with E-state index in [0.29, 0.717) is 6.54 Å². The van der Waals surface area contributed by atoms with E-state index in [2.05, 4.69) is 5.32 Å². The highest BCUT2D eigenvalue weighted by atomic mass is 16.6. The molecule has 14 heavy (non-hydrogen) atoms. The molecule has 4 nitrogen and oxygen atoms in total. The van der Waals surface area contributed by atoms with Crippen LogP contribution in [0.25, 0.3) is 0 Å². The molecule has 0 spiro atoms. The molecule has 1 aliphatic rings. The average molecular weight is 200 g/mol. The van der Waals surface area contributed by atoms with E-state index in [1.54, 1.807) is 0 Å². The van der Waals surface area contributed by atoms with E-state index in [4.69, 9.17) is 10.5 Å². The number of carbonyl (C=O) groups excluding carboxylic acids is 1. The van der Waals surface area contributed by atoms with Crippen LogP contribution in [0, 0.1) is 5.92 Å². The molecule has 3 N–H and O–H groups in total. The average Bonchev–Trinajstić information content (AvgIpc) is 1.75. The van der Waals surface area contributed by atoms with E-state index in [9.17, 15) is 4.79 Å². The minimum Gasteiger partial charge on any atom is -0.460 e. The molecule has 0 bridgehead atoms. The lowest BCUT2D eigenvalue weighted by Gasteiger charge is -2.39. The molecule has 4 heteroatoms. The number of nitrogens with two attached hydrogens (primary N) is 1. The lowest BCUT2D eigenvalue weighted by molar-refractivity contribution is -0.164. The molecule has 3 atom stereocenters. The standard InChI is InChI=1S/C10H20N2O2/c1-6(11)8-7(5-12-8)9(13)14-10(2,3)4/h6-8,12H,5,11H2,1-4H3. The van der Waals surface area contributed by atoms with Gasteiger partial charge in [-0.3, -0.25) is 4.79 Å². The van der Waals surface area contributed by atoms with Crippen molar-refractivity contribution >= 4 is 5.97 Å². The fraction of sp³-hybridized carbons (Fsp3) is 0.900. The summed E-state index contributed by atoms with van der Waals surface area (Å²) in [6, 6.07) is 0.0612. The van der Waals surface area contributed by atoms with Crippen LogP contribution in [0.3, 0.4) is 0 Å². The predicted molar refractivity (Wildman–Crippen MR) is 54.8 cm³/mol. The summed E-state index contributed by atoms with van der Waals surface area (Å²) in [5.41, 5.74) is 5.31. The normalized spacial score (nSPS) is 29.2. The van der Waals surface area contributed by atoms with Crippen LogP contribution < -0.4 is 11.1 Å². The molecule has 0 radical (unpaired) electrons. The van der Waals surface area contributed by atoms with Gasteiger partial charge in [0, 0.05) is 18.6 Å². The van der Waals surface area contributed by atoms with E-state index < -0.39 is 5.60 Å². The Labute approximate surface area is 85.2 Å². The third kappa shape index (κ3) is 2.69. The van der Waals surface area contributed by atoms with Crippen molar-refractivity contribution in [3.05, 3.63) is 0 Å². The smallest absolute Gasteiger partial charge is 0.312 e. The lowest BCUT2D eigenvalue weighted by atomic mass is 9.87. The van der Waals surface area contributed by atoms with Crippen molar-refractivity contribution in [2.45, 2.75) is 45.4 Å². The zero-order valence-corrected chi connectivity index (χ0v) is 9.33. The first-order valence-corrected chi connectivity index (χ1v) is 5.03. The van der Waals surface area contributed by atoms with E-state index in [1.165, 1.54) is 0 Å². The van der Waals surface area contributed by atoms with Crippen LogP contribution in [-0.2, 0) is 9.53 Å². The van der Waals surface area contributed by atoms with Gasteiger partial charge < -0.3 is 15.8 Å². The third-order valence-corrected chi connectivity index (χ3v) is 2.28.